The Morgan fingerprint density at radius 2 is 1.21 bits per heavy atom. The molecule has 0 radical (unpaired) electrons. The lowest BCUT2D eigenvalue weighted by Gasteiger charge is -2.33. The number of hydrogen-bond donors (Lipinski definition) is 9. The summed E-state index contributed by atoms with van der Waals surface area (Å²) in [6, 6.07) is -3.51. The largest absolute Gasteiger partial charge is 0.481 e. The van der Waals surface area contributed by atoms with E-state index in [1.165, 1.54) is 0 Å². The maximum Gasteiger partial charge on any atom is 0.305 e. The van der Waals surface area contributed by atoms with Crippen molar-refractivity contribution in [2.45, 2.75) is 160 Å². The summed E-state index contributed by atoms with van der Waals surface area (Å²) < 4.78 is 0. The molecule has 2 aliphatic carbocycles. The lowest BCUT2D eigenvalue weighted by atomic mass is 9.83. The van der Waals surface area contributed by atoms with Gasteiger partial charge in [-0.1, -0.05) is 53.4 Å². The minimum absolute atomic E-state index is 0.0448. The maximum absolute atomic E-state index is 13.7. The third-order valence-electron chi connectivity index (χ3n) is 10.2. The standard InChI is InChI=1S/C37H64N6O10/c1-21(2)15-24(16-31(45)39-23(18-35(50)51)13-14-34(48)49)40-37(53)27-10-6-8-12-29(27)42-33(47)19-30(22(3)4)43-32(46)17-25(20-44)41-36(52)26-9-5-7-11-28(26)38/h21-30,44H,5-20,38H2,1-4H3,(H,39,45)(H,40,53)(H,41,52)(H,42,47)(H,43,46)(H,48,49)(H,50,51)/t23-,24-,25+,26+,27+,28+,29+,30+/m0/s1. The summed E-state index contributed by atoms with van der Waals surface area (Å²) in [6.45, 7) is 7.19. The number of amides is 5. The van der Waals surface area contributed by atoms with E-state index in [9.17, 15) is 43.8 Å². The second-order valence-electron chi connectivity index (χ2n) is 15.7. The van der Waals surface area contributed by atoms with Crippen LogP contribution in [-0.4, -0.2) is 99.7 Å². The summed E-state index contributed by atoms with van der Waals surface area (Å²) >= 11 is 0. The van der Waals surface area contributed by atoms with E-state index < -0.39 is 72.9 Å². The minimum atomic E-state index is -1.17. The van der Waals surface area contributed by atoms with Gasteiger partial charge >= 0.3 is 11.9 Å². The summed E-state index contributed by atoms with van der Waals surface area (Å²) in [5.41, 5.74) is 6.13. The van der Waals surface area contributed by atoms with Gasteiger partial charge in [-0.2, -0.15) is 0 Å². The molecule has 0 unspecified atom stereocenters. The van der Waals surface area contributed by atoms with Crippen molar-refractivity contribution >= 4 is 41.5 Å². The number of carboxylic acids is 2. The van der Waals surface area contributed by atoms with Gasteiger partial charge in [0, 0.05) is 55.9 Å². The molecular formula is C37H64N6O10. The SMILES string of the molecule is CC(C)C[C@@H](CC(=O)N[C@@H](CCC(=O)O)CC(=O)O)NC(=O)[C@@H]1CCCC[C@H]1NC(=O)C[C@@H](NC(=O)C[C@H](CO)NC(=O)[C@@H]1CCCC[C@H]1N)C(C)C. The molecule has 0 heterocycles. The van der Waals surface area contributed by atoms with Crippen LogP contribution in [0.25, 0.3) is 0 Å². The Kier molecular flexibility index (Phi) is 19.8. The monoisotopic (exact) mass is 752 g/mol. The van der Waals surface area contributed by atoms with E-state index in [0.717, 1.165) is 32.1 Å². The van der Waals surface area contributed by atoms with E-state index in [1.807, 2.05) is 27.7 Å². The number of aliphatic hydroxyl groups excluding tert-OH is 1. The Morgan fingerprint density at radius 3 is 1.79 bits per heavy atom. The average molecular weight is 753 g/mol. The van der Waals surface area contributed by atoms with Gasteiger partial charge in [-0.25, -0.2) is 0 Å². The number of hydrogen-bond acceptors (Lipinski definition) is 9. The van der Waals surface area contributed by atoms with E-state index in [4.69, 9.17) is 10.8 Å². The van der Waals surface area contributed by atoms with Crippen molar-refractivity contribution in [1.29, 1.82) is 0 Å². The van der Waals surface area contributed by atoms with Gasteiger partial charge in [0.1, 0.15) is 0 Å². The third kappa shape index (κ3) is 17.3. The Bertz CT molecular complexity index is 1250. The van der Waals surface area contributed by atoms with E-state index in [1.54, 1.807) is 0 Å². The van der Waals surface area contributed by atoms with Crippen molar-refractivity contribution in [2.75, 3.05) is 6.61 Å². The number of nitrogens with one attached hydrogen (secondary N) is 5. The molecule has 2 rings (SSSR count). The fourth-order valence-electron chi connectivity index (χ4n) is 7.30. The molecular weight excluding hydrogens is 688 g/mol. The van der Waals surface area contributed by atoms with Crippen LogP contribution in [0.3, 0.4) is 0 Å². The molecule has 0 spiro atoms. The van der Waals surface area contributed by atoms with Crippen molar-refractivity contribution in [3.05, 3.63) is 0 Å². The summed E-state index contributed by atoms with van der Waals surface area (Å²) in [5.74, 6) is -5.04. The highest BCUT2D eigenvalue weighted by atomic mass is 16.4. The van der Waals surface area contributed by atoms with Gasteiger partial charge < -0.3 is 47.6 Å². The van der Waals surface area contributed by atoms with Gasteiger partial charge in [0.05, 0.1) is 30.9 Å². The van der Waals surface area contributed by atoms with Crippen LogP contribution in [-0.2, 0) is 33.6 Å². The predicted octanol–water partition coefficient (Wildman–Crippen LogP) is 1.32. The Labute approximate surface area is 312 Å². The highest BCUT2D eigenvalue weighted by Gasteiger charge is 2.35. The molecule has 0 aromatic rings. The van der Waals surface area contributed by atoms with Gasteiger partial charge in [0.2, 0.25) is 29.5 Å². The summed E-state index contributed by atoms with van der Waals surface area (Å²) in [7, 11) is 0. The fraction of sp³-hybridized carbons (Fsp3) is 0.811. The van der Waals surface area contributed by atoms with Gasteiger partial charge in [-0.15, -0.1) is 0 Å². The van der Waals surface area contributed by atoms with E-state index in [0.29, 0.717) is 25.7 Å². The molecule has 0 bridgehead atoms. The number of carbonyl (C=O) groups excluding carboxylic acids is 5. The van der Waals surface area contributed by atoms with E-state index in [2.05, 4.69) is 26.6 Å². The Balaban J connectivity index is 1.99. The number of carbonyl (C=O) groups is 7. The first-order chi connectivity index (χ1) is 25.0. The first kappa shape index (κ1) is 45.4. The number of rotatable bonds is 22. The van der Waals surface area contributed by atoms with Gasteiger partial charge in [-0.3, -0.25) is 33.6 Å². The van der Waals surface area contributed by atoms with Gasteiger partial charge in [-0.05, 0) is 50.4 Å². The number of nitrogens with two attached hydrogens (primary N) is 1. The molecule has 0 aliphatic heterocycles. The third-order valence-corrected chi connectivity index (χ3v) is 10.2. The summed E-state index contributed by atoms with van der Waals surface area (Å²) in [4.78, 5) is 88.1. The van der Waals surface area contributed by atoms with Crippen molar-refractivity contribution in [2.24, 2.45) is 29.4 Å². The minimum Gasteiger partial charge on any atom is -0.481 e. The average Bonchev–Trinajstić information content (AvgIpc) is 3.06. The van der Waals surface area contributed by atoms with Crippen molar-refractivity contribution < 1.29 is 48.9 Å². The number of aliphatic hydroxyl groups is 1. The zero-order chi connectivity index (χ0) is 39.7. The Morgan fingerprint density at radius 1 is 0.642 bits per heavy atom. The first-order valence-corrected chi connectivity index (χ1v) is 19.3. The lowest BCUT2D eigenvalue weighted by molar-refractivity contribution is -0.140. The molecule has 0 saturated heterocycles. The first-order valence-electron chi connectivity index (χ1n) is 19.3. The van der Waals surface area contributed by atoms with E-state index in [-0.39, 0.29) is 73.6 Å². The fourth-order valence-corrected chi connectivity index (χ4v) is 7.30. The van der Waals surface area contributed by atoms with Gasteiger partial charge in [0.25, 0.3) is 0 Å². The second-order valence-corrected chi connectivity index (χ2v) is 15.7. The van der Waals surface area contributed by atoms with Crippen LogP contribution >= 0.6 is 0 Å². The zero-order valence-electron chi connectivity index (χ0n) is 31.9. The van der Waals surface area contributed by atoms with Gasteiger partial charge in [0.15, 0.2) is 0 Å². The summed E-state index contributed by atoms with van der Waals surface area (Å²) in [5, 5.41) is 42.3. The van der Waals surface area contributed by atoms with Crippen LogP contribution in [0.5, 0.6) is 0 Å². The molecule has 302 valence electrons. The molecule has 0 aromatic heterocycles. The molecule has 2 aliphatic rings. The predicted molar refractivity (Wildman–Crippen MR) is 196 cm³/mol. The number of aliphatic carboxylic acids is 2. The zero-order valence-corrected chi connectivity index (χ0v) is 31.9. The lowest BCUT2D eigenvalue weighted by Crippen LogP contribution is -2.52. The quantitative estimate of drug-likeness (QED) is 0.0761. The molecule has 5 amide bonds. The van der Waals surface area contributed by atoms with Crippen molar-refractivity contribution in [1.82, 2.24) is 26.6 Å². The molecule has 2 fully saturated rings. The van der Waals surface area contributed by atoms with Crippen LogP contribution < -0.4 is 32.3 Å². The smallest absolute Gasteiger partial charge is 0.305 e. The van der Waals surface area contributed by atoms with Crippen LogP contribution in [0.1, 0.15) is 124 Å². The van der Waals surface area contributed by atoms with Crippen LogP contribution in [0.15, 0.2) is 0 Å². The molecule has 0 aromatic carbocycles. The second kappa shape index (κ2) is 23.1. The molecule has 8 atom stereocenters. The molecule has 53 heavy (non-hydrogen) atoms. The number of carboxylic acid groups (broad SMARTS) is 2. The highest BCUT2D eigenvalue weighted by Crippen LogP contribution is 2.26. The van der Waals surface area contributed by atoms with Crippen LogP contribution in [0, 0.1) is 23.7 Å². The Hall–Kier alpha value is -3.79. The maximum atomic E-state index is 13.7. The van der Waals surface area contributed by atoms with E-state index >= 15 is 0 Å². The molecule has 2 saturated carbocycles. The van der Waals surface area contributed by atoms with Crippen LogP contribution in [0.4, 0.5) is 0 Å². The summed E-state index contributed by atoms with van der Waals surface area (Å²) in [6.07, 6.45) is 5.31. The van der Waals surface area contributed by atoms with Crippen molar-refractivity contribution in [3.8, 4) is 0 Å². The molecule has 16 nitrogen and oxygen atoms in total. The topological polar surface area (TPSA) is 266 Å². The van der Waals surface area contributed by atoms with Crippen molar-refractivity contribution in [3.63, 3.8) is 0 Å². The highest BCUT2D eigenvalue weighted by molar-refractivity contribution is 5.85. The molecule has 10 N–H and O–H groups in total. The molecule has 16 heteroatoms. The normalized spacial score (nSPS) is 22.5. The van der Waals surface area contributed by atoms with Crippen LogP contribution in [0.2, 0.25) is 0 Å².